The summed E-state index contributed by atoms with van der Waals surface area (Å²) in [5.41, 5.74) is 7.92. The van der Waals surface area contributed by atoms with Crippen LogP contribution in [0.3, 0.4) is 0 Å². The van der Waals surface area contributed by atoms with Gasteiger partial charge in [-0.1, -0.05) is 30.3 Å². The number of benzene rings is 1. The summed E-state index contributed by atoms with van der Waals surface area (Å²) < 4.78 is 0. The second-order valence-corrected chi connectivity index (χ2v) is 4.54. The number of aromatic nitrogens is 2. The summed E-state index contributed by atoms with van der Waals surface area (Å²) in [5, 5.41) is 9.49. The second-order valence-electron chi connectivity index (χ2n) is 4.54. The van der Waals surface area contributed by atoms with Crippen molar-refractivity contribution in [3.63, 3.8) is 0 Å². The van der Waals surface area contributed by atoms with Crippen LogP contribution < -0.4 is 11.1 Å². The third-order valence-electron chi connectivity index (χ3n) is 3.03. The monoisotopic (exact) mass is 258 g/mol. The number of H-pyrrole nitrogens is 1. The predicted molar refractivity (Wildman–Crippen MR) is 73.1 cm³/mol. The maximum Gasteiger partial charge on any atom is 0.222 e. The fourth-order valence-electron chi connectivity index (χ4n) is 1.90. The molecule has 1 amide bonds. The number of aromatic amines is 1. The van der Waals surface area contributed by atoms with Gasteiger partial charge in [0.05, 0.1) is 12.2 Å². The Morgan fingerprint density at radius 3 is 2.74 bits per heavy atom. The number of nitrogens with two attached hydrogens (primary N) is 1. The van der Waals surface area contributed by atoms with Gasteiger partial charge in [0.2, 0.25) is 5.91 Å². The van der Waals surface area contributed by atoms with E-state index in [0.717, 1.165) is 11.1 Å². The first-order chi connectivity index (χ1) is 9.16. The first kappa shape index (κ1) is 13.3. The van der Waals surface area contributed by atoms with E-state index in [1.807, 2.05) is 37.3 Å². The molecule has 0 saturated carbocycles. The van der Waals surface area contributed by atoms with E-state index in [9.17, 15) is 4.79 Å². The van der Waals surface area contributed by atoms with Gasteiger partial charge in [0.25, 0.3) is 0 Å². The zero-order valence-electron chi connectivity index (χ0n) is 10.8. The van der Waals surface area contributed by atoms with Crippen molar-refractivity contribution >= 4 is 5.91 Å². The first-order valence-corrected chi connectivity index (χ1v) is 6.25. The quantitative estimate of drug-likeness (QED) is 0.763. The molecule has 5 heteroatoms. The zero-order valence-corrected chi connectivity index (χ0v) is 10.8. The maximum absolute atomic E-state index is 11.9. The van der Waals surface area contributed by atoms with Crippen molar-refractivity contribution in [1.82, 2.24) is 15.5 Å². The molecule has 0 spiro atoms. The van der Waals surface area contributed by atoms with Gasteiger partial charge >= 0.3 is 0 Å². The van der Waals surface area contributed by atoms with Crippen molar-refractivity contribution in [2.45, 2.75) is 25.4 Å². The van der Waals surface area contributed by atoms with Crippen molar-refractivity contribution in [2.75, 3.05) is 0 Å². The van der Waals surface area contributed by atoms with Gasteiger partial charge in [0.15, 0.2) is 0 Å². The summed E-state index contributed by atoms with van der Waals surface area (Å²) in [7, 11) is 0. The molecule has 1 aromatic heterocycles. The summed E-state index contributed by atoms with van der Waals surface area (Å²) in [6.45, 7) is 1.91. The average molecular weight is 258 g/mol. The van der Waals surface area contributed by atoms with Crippen LogP contribution in [-0.4, -0.2) is 16.1 Å². The third-order valence-corrected chi connectivity index (χ3v) is 3.03. The second kappa shape index (κ2) is 6.15. The first-order valence-electron chi connectivity index (χ1n) is 6.25. The molecule has 2 rings (SSSR count). The molecule has 100 valence electrons. The zero-order chi connectivity index (χ0) is 13.7. The highest BCUT2D eigenvalue weighted by Gasteiger charge is 2.14. The lowest BCUT2D eigenvalue weighted by atomic mass is 10.0. The summed E-state index contributed by atoms with van der Waals surface area (Å²) in [6.07, 6.45) is 3.73. The van der Waals surface area contributed by atoms with Crippen LogP contribution in [0, 0.1) is 0 Å². The fraction of sp³-hybridized carbons (Fsp3) is 0.286. The summed E-state index contributed by atoms with van der Waals surface area (Å²) in [6, 6.07) is 9.26. The predicted octanol–water partition coefficient (Wildman–Crippen LogP) is 1.68. The number of carbonyl (C=O) groups excluding carboxylic acids is 1. The Labute approximate surface area is 112 Å². The molecule has 1 aromatic carbocycles. The standard InChI is InChI=1S/C14H18N4O/c1-10(12-8-16-17-9-12)18-14(19)7-13(15)11-5-3-2-4-6-11/h2-6,8-10,13H,7,15H2,1H3,(H,16,17)(H,18,19). The van der Waals surface area contributed by atoms with Crippen molar-refractivity contribution in [2.24, 2.45) is 5.73 Å². The van der Waals surface area contributed by atoms with E-state index < -0.39 is 0 Å². The van der Waals surface area contributed by atoms with Gasteiger partial charge in [0, 0.05) is 24.2 Å². The molecule has 19 heavy (non-hydrogen) atoms. The SMILES string of the molecule is CC(NC(=O)CC(N)c1ccccc1)c1cn[nH]c1. The molecule has 4 N–H and O–H groups in total. The highest BCUT2D eigenvalue weighted by atomic mass is 16.1. The topological polar surface area (TPSA) is 83.8 Å². The van der Waals surface area contributed by atoms with E-state index in [1.165, 1.54) is 0 Å². The Morgan fingerprint density at radius 2 is 2.11 bits per heavy atom. The van der Waals surface area contributed by atoms with Gasteiger partial charge in [-0.05, 0) is 12.5 Å². The number of carbonyl (C=O) groups is 1. The number of rotatable bonds is 5. The largest absolute Gasteiger partial charge is 0.349 e. The molecule has 0 aliphatic carbocycles. The average Bonchev–Trinajstić information content (AvgIpc) is 2.93. The van der Waals surface area contributed by atoms with Crippen LogP contribution >= 0.6 is 0 Å². The van der Waals surface area contributed by atoms with Crippen LogP contribution in [0.5, 0.6) is 0 Å². The number of nitrogens with zero attached hydrogens (tertiary/aromatic N) is 1. The van der Waals surface area contributed by atoms with Crippen LogP contribution in [-0.2, 0) is 4.79 Å². The summed E-state index contributed by atoms with van der Waals surface area (Å²) in [4.78, 5) is 11.9. The van der Waals surface area contributed by atoms with Crippen LogP contribution in [0.4, 0.5) is 0 Å². The lowest BCUT2D eigenvalue weighted by Crippen LogP contribution is -2.29. The van der Waals surface area contributed by atoms with E-state index in [0.29, 0.717) is 0 Å². The molecule has 1 heterocycles. The molecule has 0 bridgehead atoms. The Hall–Kier alpha value is -2.14. The minimum absolute atomic E-state index is 0.0648. The van der Waals surface area contributed by atoms with Gasteiger partial charge in [-0.25, -0.2) is 0 Å². The Kier molecular flexibility index (Phi) is 4.30. The molecule has 0 saturated heterocycles. The van der Waals surface area contributed by atoms with E-state index in [4.69, 9.17) is 5.73 Å². The van der Waals surface area contributed by atoms with Gasteiger partial charge in [-0.15, -0.1) is 0 Å². The lowest BCUT2D eigenvalue weighted by molar-refractivity contribution is -0.122. The molecule has 0 aliphatic heterocycles. The number of hydrogen-bond acceptors (Lipinski definition) is 3. The fourth-order valence-corrected chi connectivity index (χ4v) is 1.90. The number of hydrogen-bond donors (Lipinski definition) is 3. The van der Waals surface area contributed by atoms with E-state index >= 15 is 0 Å². The molecule has 2 atom stereocenters. The molecular formula is C14H18N4O. The molecule has 0 fully saturated rings. The third kappa shape index (κ3) is 3.66. The summed E-state index contributed by atoms with van der Waals surface area (Å²) in [5.74, 6) is -0.0648. The molecule has 2 unspecified atom stereocenters. The minimum Gasteiger partial charge on any atom is -0.349 e. The normalized spacial score (nSPS) is 13.8. The van der Waals surface area contributed by atoms with E-state index in [1.54, 1.807) is 12.4 Å². The maximum atomic E-state index is 11.9. The van der Waals surface area contributed by atoms with Crippen LogP contribution in [0.15, 0.2) is 42.7 Å². The smallest absolute Gasteiger partial charge is 0.222 e. The number of amides is 1. The van der Waals surface area contributed by atoms with Gasteiger partial charge in [-0.3, -0.25) is 9.89 Å². The Morgan fingerprint density at radius 1 is 1.37 bits per heavy atom. The van der Waals surface area contributed by atoms with Gasteiger partial charge in [-0.2, -0.15) is 5.10 Å². The van der Waals surface area contributed by atoms with E-state index in [-0.39, 0.29) is 24.4 Å². The van der Waals surface area contributed by atoms with Gasteiger partial charge < -0.3 is 11.1 Å². The lowest BCUT2D eigenvalue weighted by Gasteiger charge is -2.15. The molecule has 2 aromatic rings. The molecule has 0 radical (unpaired) electrons. The van der Waals surface area contributed by atoms with Crippen LogP contribution in [0.2, 0.25) is 0 Å². The number of nitrogens with one attached hydrogen (secondary N) is 2. The van der Waals surface area contributed by atoms with Crippen molar-refractivity contribution in [3.05, 3.63) is 53.9 Å². The van der Waals surface area contributed by atoms with Crippen LogP contribution in [0.1, 0.15) is 36.6 Å². The van der Waals surface area contributed by atoms with Crippen molar-refractivity contribution < 1.29 is 4.79 Å². The highest BCUT2D eigenvalue weighted by Crippen LogP contribution is 2.15. The van der Waals surface area contributed by atoms with Crippen LogP contribution in [0.25, 0.3) is 0 Å². The van der Waals surface area contributed by atoms with Crippen molar-refractivity contribution in [1.29, 1.82) is 0 Å². The van der Waals surface area contributed by atoms with Gasteiger partial charge in [0.1, 0.15) is 0 Å². The molecule has 5 nitrogen and oxygen atoms in total. The Balaban J connectivity index is 1.88. The summed E-state index contributed by atoms with van der Waals surface area (Å²) >= 11 is 0. The molecular weight excluding hydrogens is 240 g/mol. The Bertz CT molecular complexity index is 510. The molecule has 0 aliphatic rings. The van der Waals surface area contributed by atoms with Crippen molar-refractivity contribution in [3.8, 4) is 0 Å². The minimum atomic E-state index is -0.280. The van der Waals surface area contributed by atoms with E-state index in [2.05, 4.69) is 15.5 Å². The highest BCUT2D eigenvalue weighted by molar-refractivity contribution is 5.77.